The van der Waals surface area contributed by atoms with Gasteiger partial charge in [0.05, 0.1) is 11.4 Å². The van der Waals surface area contributed by atoms with Gasteiger partial charge in [0.15, 0.2) is 0 Å². The monoisotopic (exact) mass is 274 g/mol. The van der Waals surface area contributed by atoms with Crippen LogP contribution in [0, 0.1) is 18.3 Å². The smallest absolute Gasteiger partial charge is 0.128 e. The molecule has 2 aromatic rings. The van der Waals surface area contributed by atoms with Crippen LogP contribution in [0.5, 0.6) is 0 Å². The molecule has 92 valence electrons. The maximum atomic E-state index is 8.99. The van der Waals surface area contributed by atoms with Crippen LogP contribution in [-0.2, 0) is 12.2 Å². The number of thiazole rings is 1. The van der Waals surface area contributed by atoms with E-state index in [9.17, 15) is 0 Å². The number of hydrogen-bond donors (Lipinski definition) is 0. The lowest BCUT2D eigenvalue weighted by Gasteiger charge is -1.99. The molecule has 0 spiro atoms. The summed E-state index contributed by atoms with van der Waals surface area (Å²) >= 11 is 3.28. The highest BCUT2D eigenvalue weighted by molar-refractivity contribution is 7.98. The van der Waals surface area contributed by atoms with Crippen molar-refractivity contribution in [3.8, 4) is 6.07 Å². The van der Waals surface area contributed by atoms with Crippen molar-refractivity contribution in [2.45, 2.75) is 30.9 Å². The van der Waals surface area contributed by atoms with E-state index in [1.54, 1.807) is 11.8 Å². The van der Waals surface area contributed by atoms with Crippen molar-refractivity contribution in [1.29, 1.82) is 5.26 Å². The van der Waals surface area contributed by atoms with Gasteiger partial charge in [0.25, 0.3) is 0 Å². The van der Waals surface area contributed by atoms with E-state index in [0.717, 1.165) is 27.8 Å². The summed E-state index contributed by atoms with van der Waals surface area (Å²) in [4.78, 5) is 6.51. The summed E-state index contributed by atoms with van der Waals surface area (Å²) in [5, 5.41) is 10.0. The highest BCUT2D eigenvalue weighted by atomic mass is 32.2. The summed E-state index contributed by atoms with van der Waals surface area (Å²) in [6, 6.07) is 10.7. The topological polar surface area (TPSA) is 36.7 Å². The third-order valence-electron chi connectivity index (χ3n) is 2.56. The molecule has 2 nitrogen and oxygen atoms in total. The summed E-state index contributed by atoms with van der Waals surface area (Å²) < 4.78 is 0. The van der Waals surface area contributed by atoms with Gasteiger partial charge in [-0.1, -0.05) is 24.6 Å². The zero-order valence-electron chi connectivity index (χ0n) is 10.4. The van der Waals surface area contributed by atoms with Crippen LogP contribution in [0.15, 0.2) is 29.2 Å². The molecule has 0 atom stereocenters. The van der Waals surface area contributed by atoms with Gasteiger partial charge in [-0.25, -0.2) is 4.98 Å². The number of aryl methyl sites for hydroxylation is 2. The van der Waals surface area contributed by atoms with Crippen molar-refractivity contribution in [3.63, 3.8) is 0 Å². The second kappa shape index (κ2) is 6.03. The number of nitrogens with zero attached hydrogens (tertiary/aromatic N) is 2. The molecule has 0 saturated heterocycles. The minimum Gasteiger partial charge on any atom is -0.244 e. The average Bonchev–Trinajstić information content (AvgIpc) is 2.80. The molecule has 1 aromatic heterocycles. The average molecular weight is 274 g/mol. The zero-order valence-corrected chi connectivity index (χ0v) is 12.1. The maximum absolute atomic E-state index is 8.99. The molecule has 0 N–H and O–H groups in total. The van der Waals surface area contributed by atoms with Crippen LogP contribution in [0.4, 0.5) is 0 Å². The fourth-order valence-electron chi connectivity index (χ4n) is 1.57. The standard InChI is InChI=1S/C14H14N2S2/c1-3-12-13(8-15)18-14(16-12)9-17-11-6-4-10(2)5-7-11/h4-7H,3,9H2,1-2H3. The summed E-state index contributed by atoms with van der Waals surface area (Å²) in [5.74, 6) is 0.836. The molecule has 2 rings (SSSR count). The molecular weight excluding hydrogens is 260 g/mol. The van der Waals surface area contributed by atoms with Crippen LogP contribution in [0.2, 0.25) is 0 Å². The van der Waals surface area contributed by atoms with Gasteiger partial charge < -0.3 is 0 Å². The van der Waals surface area contributed by atoms with Crippen LogP contribution in [-0.4, -0.2) is 4.98 Å². The van der Waals surface area contributed by atoms with Crippen LogP contribution in [0.3, 0.4) is 0 Å². The molecule has 0 aliphatic heterocycles. The third kappa shape index (κ3) is 3.12. The third-order valence-corrected chi connectivity index (χ3v) is 4.77. The van der Waals surface area contributed by atoms with Gasteiger partial charge >= 0.3 is 0 Å². The van der Waals surface area contributed by atoms with E-state index in [2.05, 4.69) is 42.2 Å². The van der Waals surface area contributed by atoms with Gasteiger partial charge in [0, 0.05) is 4.90 Å². The number of hydrogen-bond acceptors (Lipinski definition) is 4. The molecule has 0 radical (unpaired) electrons. The maximum Gasteiger partial charge on any atom is 0.128 e. The van der Waals surface area contributed by atoms with Crippen molar-refractivity contribution in [2.75, 3.05) is 0 Å². The Morgan fingerprint density at radius 2 is 2.06 bits per heavy atom. The Hall–Kier alpha value is -1.31. The Kier molecular flexibility index (Phi) is 4.40. The SMILES string of the molecule is CCc1nc(CSc2ccc(C)cc2)sc1C#N. The van der Waals surface area contributed by atoms with Gasteiger partial charge in [0.1, 0.15) is 16.0 Å². The summed E-state index contributed by atoms with van der Waals surface area (Å²) in [6.45, 7) is 4.12. The molecule has 18 heavy (non-hydrogen) atoms. The van der Waals surface area contributed by atoms with Crippen molar-refractivity contribution >= 4 is 23.1 Å². The van der Waals surface area contributed by atoms with Gasteiger partial charge in [-0.05, 0) is 25.5 Å². The van der Waals surface area contributed by atoms with Crippen molar-refractivity contribution < 1.29 is 0 Å². The van der Waals surface area contributed by atoms with Crippen molar-refractivity contribution in [3.05, 3.63) is 45.4 Å². The minimum absolute atomic E-state index is 0.761. The number of thioether (sulfide) groups is 1. The highest BCUT2D eigenvalue weighted by Crippen LogP contribution is 2.27. The molecule has 0 unspecified atom stereocenters. The van der Waals surface area contributed by atoms with E-state index in [-0.39, 0.29) is 0 Å². The Morgan fingerprint density at radius 1 is 1.33 bits per heavy atom. The quantitative estimate of drug-likeness (QED) is 0.785. The van der Waals surface area contributed by atoms with Gasteiger partial charge in [-0.15, -0.1) is 23.1 Å². The second-order valence-electron chi connectivity index (χ2n) is 3.95. The van der Waals surface area contributed by atoms with Crippen molar-refractivity contribution in [1.82, 2.24) is 4.98 Å². The Labute approximate surface area is 116 Å². The largest absolute Gasteiger partial charge is 0.244 e. The Bertz CT molecular complexity index is 564. The number of aromatic nitrogens is 1. The fraction of sp³-hybridized carbons (Fsp3) is 0.286. The number of nitriles is 1. The second-order valence-corrected chi connectivity index (χ2v) is 6.08. The minimum atomic E-state index is 0.761. The molecule has 0 saturated carbocycles. The lowest BCUT2D eigenvalue weighted by Crippen LogP contribution is -1.84. The summed E-state index contributed by atoms with van der Waals surface area (Å²) in [5.41, 5.74) is 2.20. The van der Waals surface area contributed by atoms with E-state index in [0.29, 0.717) is 0 Å². The van der Waals surface area contributed by atoms with E-state index in [1.165, 1.54) is 21.8 Å². The molecule has 0 fully saturated rings. The van der Waals surface area contributed by atoms with Crippen LogP contribution < -0.4 is 0 Å². The van der Waals surface area contributed by atoms with Gasteiger partial charge in [-0.3, -0.25) is 0 Å². The molecule has 4 heteroatoms. The molecule has 1 aromatic carbocycles. The Morgan fingerprint density at radius 3 is 2.61 bits per heavy atom. The number of rotatable bonds is 4. The molecule has 1 heterocycles. The summed E-state index contributed by atoms with van der Waals surface area (Å²) in [7, 11) is 0. The predicted molar refractivity (Wildman–Crippen MR) is 76.9 cm³/mol. The first kappa shape index (κ1) is 13.1. The van der Waals surface area contributed by atoms with Crippen LogP contribution in [0.25, 0.3) is 0 Å². The lowest BCUT2D eigenvalue weighted by atomic mass is 10.2. The van der Waals surface area contributed by atoms with E-state index < -0.39 is 0 Å². The molecular formula is C14H14N2S2. The van der Waals surface area contributed by atoms with E-state index in [4.69, 9.17) is 5.26 Å². The van der Waals surface area contributed by atoms with Gasteiger partial charge in [0.2, 0.25) is 0 Å². The van der Waals surface area contributed by atoms with Crippen LogP contribution in [0.1, 0.15) is 28.1 Å². The predicted octanol–water partition coefficient (Wildman–Crippen LogP) is 4.18. The molecule has 0 amide bonds. The van der Waals surface area contributed by atoms with Crippen molar-refractivity contribution in [2.24, 2.45) is 0 Å². The van der Waals surface area contributed by atoms with E-state index >= 15 is 0 Å². The first-order valence-corrected chi connectivity index (χ1v) is 7.61. The van der Waals surface area contributed by atoms with Crippen LogP contribution >= 0.6 is 23.1 Å². The zero-order chi connectivity index (χ0) is 13.0. The summed E-state index contributed by atoms with van der Waals surface area (Å²) in [6.07, 6.45) is 0.828. The highest BCUT2D eigenvalue weighted by Gasteiger charge is 2.09. The molecule has 0 bridgehead atoms. The fourth-order valence-corrected chi connectivity index (χ4v) is 3.41. The lowest BCUT2D eigenvalue weighted by molar-refractivity contribution is 1.03. The first-order chi connectivity index (χ1) is 8.72. The Balaban J connectivity index is 2.04. The number of benzene rings is 1. The van der Waals surface area contributed by atoms with Gasteiger partial charge in [-0.2, -0.15) is 5.26 Å². The molecule has 0 aliphatic carbocycles. The normalized spacial score (nSPS) is 10.3. The molecule has 0 aliphatic rings. The van der Waals surface area contributed by atoms with E-state index in [1.807, 2.05) is 6.92 Å². The first-order valence-electron chi connectivity index (χ1n) is 5.81.